The molecule has 1 aromatic carbocycles. The first-order valence-corrected chi connectivity index (χ1v) is 7.01. The fourth-order valence-corrected chi connectivity index (χ4v) is 2.13. The topological polar surface area (TPSA) is 98.2 Å². The lowest BCUT2D eigenvalue weighted by molar-refractivity contribution is 0.597. The van der Waals surface area contributed by atoms with Gasteiger partial charge in [-0.3, -0.25) is 0 Å². The zero-order valence-corrected chi connectivity index (χ0v) is 10.5. The summed E-state index contributed by atoms with van der Waals surface area (Å²) < 4.78 is 22.3. The van der Waals surface area contributed by atoms with Gasteiger partial charge in [0.15, 0.2) is 0 Å². The second-order valence-electron chi connectivity index (χ2n) is 4.96. The normalized spacial score (nSPS) is 17.8. The van der Waals surface area contributed by atoms with Crippen LogP contribution in [0.25, 0.3) is 0 Å². The highest BCUT2D eigenvalue weighted by molar-refractivity contribution is 7.89. The Balaban J connectivity index is 2.14. The average molecular weight is 255 g/mol. The van der Waals surface area contributed by atoms with Crippen molar-refractivity contribution in [1.82, 2.24) is 0 Å². The number of nitrogens with one attached hydrogen (secondary N) is 1. The van der Waals surface area contributed by atoms with Crippen molar-refractivity contribution in [2.75, 3.05) is 17.6 Å². The summed E-state index contributed by atoms with van der Waals surface area (Å²) >= 11 is 0. The van der Waals surface area contributed by atoms with E-state index in [4.69, 9.17) is 10.9 Å². The molecule has 5 nitrogen and oxygen atoms in total. The number of anilines is 2. The molecule has 1 fully saturated rings. The minimum absolute atomic E-state index is 0.0400. The maximum Gasteiger partial charge on any atom is 0.238 e. The van der Waals surface area contributed by atoms with Crippen molar-refractivity contribution in [3.8, 4) is 0 Å². The van der Waals surface area contributed by atoms with Crippen LogP contribution in [0.3, 0.4) is 0 Å². The lowest BCUT2D eigenvalue weighted by Crippen LogP contribution is -2.15. The van der Waals surface area contributed by atoms with E-state index in [2.05, 4.69) is 12.2 Å². The van der Waals surface area contributed by atoms with E-state index in [0.29, 0.717) is 11.1 Å². The second-order valence-corrected chi connectivity index (χ2v) is 6.52. The second kappa shape index (κ2) is 3.89. The van der Waals surface area contributed by atoms with Crippen molar-refractivity contribution >= 4 is 21.4 Å². The van der Waals surface area contributed by atoms with Crippen molar-refractivity contribution in [3.05, 3.63) is 18.2 Å². The maximum atomic E-state index is 11.1. The zero-order chi connectivity index (χ0) is 12.7. The Kier molecular flexibility index (Phi) is 2.79. The minimum Gasteiger partial charge on any atom is -0.397 e. The van der Waals surface area contributed by atoms with Crippen LogP contribution in [0, 0.1) is 5.41 Å². The van der Waals surface area contributed by atoms with Crippen LogP contribution in [-0.4, -0.2) is 15.0 Å². The van der Waals surface area contributed by atoms with Gasteiger partial charge in [0.2, 0.25) is 10.0 Å². The Bertz CT molecular complexity index is 536. The smallest absolute Gasteiger partial charge is 0.238 e. The molecule has 17 heavy (non-hydrogen) atoms. The van der Waals surface area contributed by atoms with Crippen molar-refractivity contribution < 1.29 is 8.42 Å². The number of rotatable bonds is 4. The van der Waals surface area contributed by atoms with Crippen molar-refractivity contribution in [3.63, 3.8) is 0 Å². The van der Waals surface area contributed by atoms with Crippen molar-refractivity contribution in [2.45, 2.75) is 24.7 Å². The molecule has 6 heteroatoms. The average Bonchev–Trinajstić information content (AvgIpc) is 2.94. The lowest BCUT2D eigenvalue weighted by atomic mass is 10.1. The van der Waals surface area contributed by atoms with Gasteiger partial charge in [0, 0.05) is 6.54 Å². The van der Waals surface area contributed by atoms with Crippen LogP contribution in [0.4, 0.5) is 11.4 Å². The molecule has 0 spiro atoms. The molecule has 1 aromatic rings. The van der Waals surface area contributed by atoms with E-state index in [1.54, 1.807) is 6.07 Å². The predicted octanol–water partition coefficient (Wildman–Crippen LogP) is 1.13. The van der Waals surface area contributed by atoms with Gasteiger partial charge in [-0.25, -0.2) is 13.6 Å². The molecule has 0 aromatic heterocycles. The summed E-state index contributed by atoms with van der Waals surface area (Å²) in [6.07, 6.45) is 2.43. The third-order valence-electron chi connectivity index (χ3n) is 3.16. The van der Waals surface area contributed by atoms with Gasteiger partial charge in [0.05, 0.1) is 16.3 Å². The molecular formula is C11H17N3O2S. The number of benzene rings is 1. The van der Waals surface area contributed by atoms with Crippen LogP contribution in [0.1, 0.15) is 19.8 Å². The van der Waals surface area contributed by atoms with Gasteiger partial charge in [-0.2, -0.15) is 0 Å². The number of nitrogens with two attached hydrogens (primary N) is 2. The summed E-state index contributed by atoms with van der Waals surface area (Å²) in [7, 11) is -3.68. The maximum absolute atomic E-state index is 11.1. The Morgan fingerprint density at radius 3 is 2.53 bits per heavy atom. The molecule has 0 unspecified atom stereocenters. The monoisotopic (exact) mass is 255 g/mol. The first kappa shape index (κ1) is 12.2. The molecule has 0 bridgehead atoms. The molecule has 1 aliphatic carbocycles. The van der Waals surface area contributed by atoms with Gasteiger partial charge in [0.1, 0.15) is 0 Å². The van der Waals surface area contributed by atoms with E-state index < -0.39 is 10.0 Å². The van der Waals surface area contributed by atoms with E-state index in [0.717, 1.165) is 12.2 Å². The van der Waals surface area contributed by atoms with E-state index in [1.807, 2.05) is 0 Å². The van der Waals surface area contributed by atoms with Gasteiger partial charge in [0.25, 0.3) is 0 Å². The lowest BCUT2D eigenvalue weighted by Gasteiger charge is -2.13. The van der Waals surface area contributed by atoms with Crippen LogP contribution in [-0.2, 0) is 10.0 Å². The first-order valence-electron chi connectivity index (χ1n) is 5.46. The SMILES string of the molecule is CC1(CNc2ccc(S(N)(=O)=O)cc2N)CC1. The molecule has 0 aliphatic heterocycles. The predicted molar refractivity (Wildman–Crippen MR) is 68.1 cm³/mol. The molecule has 0 heterocycles. The van der Waals surface area contributed by atoms with Gasteiger partial charge in [-0.05, 0) is 36.5 Å². The number of sulfonamides is 1. The first-order chi connectivity index (χ1) is 7.80. The molecule has 0 saturated heterocycles. The van der Waals surface area contributed by atoms with Crippen LogP contribution in [0.5, 0.6) is 0 Å². The van der Waals surface area contributed by atoms with Crippen LogP contribution in [0.2, 0.25) is 0 Å². The van der Waals surface area contributed by atoms with Gasteiger partial charge in [-0.1, -0.05) is 6.92 Å². The number of nitrogen functional groups attached to an aromatic ring is 1. The number of hydrogen-bond acceptors (Lipinski definition) is 4. The van der Waals surface area contributed by atoms with Gasteiger partial charge < -0.3 is 11.1 Å². The summed E-state index contributed by atoms with van der Waals surface area (Å²) in [5.41, 5.74) is 7.31. The third-order valence-corrected chi connectivity index (χ3v) is 4.07. The van der Waals surface area contributed by atoms with E-state index in [1.165, 1.54) is 25.0 Å². The summed E-state index contributed by atoms with van der Waals surface area (Å²) in [5, 5.41) is 8.26. The Morgan fingerprint density at radius 2 is 2.06 bits per heavy atom. The fourth-order valence-electron chi connectivity index (χ4n) is 1.58. The molecule has 5 N–H and O–H groups in total. The molecule has 1 aliphatic rings. The molecule has 0 amide bonds. The van der Waals surface area contributed by atoms with Gasteiger partial charge in [-0.15, -0.1) is 0 Å². The molecule has 0 radical (unpaired) electrons. The molecule has 2 rings (SSSR count). The van der Waals surface area contributed by atoms with E-state index >= 15 is 0 Å². The highest BCUT2D eigenvalue weighted by atomic mass is 32.2. The summed E-state index contributed by atoms with van der Waals surface area (Å²) in [6.45, 7) is 3.06. The Hall–Kier alpha value is -1.27. The Labute approximate surface area is 101 Å². The van der Waals surface area contributed by atoms with Gasteiger partial charge >= 0.3 is 0 Å². The molecular weight excluding hydrogens is 238 g/mol. The summed E-state index contributed by atoms with van der Waals surface area (Å²) in [6, 6.07) is 4.50. The van der Waals surface area contributed by atoms with Crippen molar-refractivity contribution in [1.29, 1.82) is 0 Å². The van der Waals surface area contributed by atoms with Crippen LogP contribution < -0.4 is 16.2 Å². The summed E-state index contributed by atoms with van der Waals surface area (Å²) in [4.78, 5) is 0.0400. The Morgan fingerprint density at radius 1 is 1.41 bits per heavy atom. The van der Waals surface area contributed by atoms with Crippen LogP contribution in [0.15, 0.2) is 23.1 Å². The number of hydrogen-bond donors (Lipinski definition) is 3. The van der Waals surface area contributed by atoms with Crippen LogP contribution >= 0.6 is 0 Å². The summed E-state index contributed by atoms with van der Waals surface area (Å²) in [5.74, 6) is 0. The fraction of sp³-hybridized carbons (Fsp3) is 0.455. The van der Waals surface area contributed by atoms with Crippen molar-refractivity contribution in [2.24, 2.45) is 10.6 Å². The number of primary sulfonamides is 1. The third kappa shape index (κ3) is 2.89. The quantitative estimate of drug-likeness (QED) is 0.702. The zero-order valence-electron chi connectivity index (χ0n) is 9.73. The molecule has 0 atom stereocenters. The highest BCUT2D eigenvalue weighted by Crippen LogP contribution is 2.45. The molecule has 94 valence electrons. The van der Waals surface area contributed by atoms with E-state index in [-0.39, 0.29) is 4.90 Å². The van der Waals surface area contributed by atoms with E-state index in [9.17, 15) is 8.42 Å². The largest absolute Gasteiger partial charge is 0.397 e. The highest BCUT2D eigenvalue weighted by Gasteiger charge is 2.36. The molecule has 1 saturated carbocycles. The minimum atomic E-state index is -3.68. The standard InChI is InChI=1S/C11H17N3O2S/c1-11(4-5-11)7-14-10-3-2-8(6-9(10)12)17(13,15)16/h2-3,6,14H,4-5,7,12H2,1H3,(H2,13,15,16).